The van der Waals surface area contributed by atoms with Crippen LogP contribution in [0.5, 0.6) is 5.75 Å². The molecule has 0 saturated carbocycles. The Labute approximate surface area is 115 Å². The molecule has 3 unspecified atom stereocenters. The van der Waals surface area contributed by atoms with Crippen LogP contribution in [0.2, 0.25) is 0 Å². The zero-order valence-corrected chi connectivity index (χ0v) is 11.9. The summed E-state index contributed by atoms with van der Waals surface area (Å²) in [6, 6.07) is 7.64. The van der Waals surface area contributed by atoms with Gasteiger partial charge in [0.2, 0.25) is 0 Å². The number of piperidine rings is 1. The van der Waals surface area contributed by atoms with Crippen LogP contribution in [0.15, 0.2) is 18.2 Å². The van der Waals surface area contributed by atoms with Crippen LogP contribution in [0.4, 0.5) is 0 Å². The monoisotopic (exact) mass is 260 g/mol. The molecule has 1 aromatic carbocycles. The third-order valence-electron chi connectivity index (χ3n) is 4.89. The zero-order chi connectivity index (χ0) is 13.4. The lowest BCUT2D eigenvalue weighted by molar-refractivity contribution is 0.162. The first-order valence-corrected chi connectivity index (χ1v) is 7.42. The Morgan fingerprint density at radius 2 is 2.16 bits per heavy atom. The molecular formula is C16H24N2O. The Hall–Kier alpha value is -1.06. The second kappa shape index (κ2) is 5.14. The minimum atomic E-state index is 0.433. The molecule has 104 valence electrons. The molecule has 1 saturated heterocycles. The minimum absolute atomic E-state index is 0.433. The van der Waals surface area contributed by atoms with Gasteiger partial charge in [0, 0.05) is 18.1 Å². The summed E-state index contributed by atoms with van der Waals surface area (Å²) in [7, 11) is 2.21. The summed E-state index contributed by atoms with van der Waals surface area (Å²) in [6.45, 7) is 3.49. The minimum Gasteiger partial charge on any atom is -0.508 e. The third kappa shape index (κ3) is 2.49. The van der Waals surface area contributed by atoms with E-state index in [1.165, 1.54) is 24.9 Å². The van der Waals surface area contributed by atoms with Gasteiger partial charge in [-0.2, -0.15) is 0 Å². The van der Waals surface area contributed by atoms with E-state index in [1.807, 2.05) is 6.07 Å². The number of likely N-dealkylation sites (tertiary alicyclic amines) is 1. The van der Waals surface area contributed by atoms with Gasteiger partial charge in [-0.25, -0.2) is 0 Å². The van der Waals surface area contributed by atoms with Crippen LogP contribution in [0, 0.1) is 0 Å². The number of aromatic hydroxyl groups is 1. The van der Waals surface area contributed by atoms with Crippen molar-refractivity contribution in [1.29, 1.82) is 0 Å². The molecule has 3 nitrogen and oxygen atoms in total. The van der Waals surface area contributed by atoms with Crippen molar-refractivity contribution in [3.05, 3.63) is 29.3 Å². The van der Waals surface area contributed by atoms with E-state index in [0.717, 1.165) is 18.4 Å². The van der Waals surface area contributed by atoms with Crippen molar-refractivity contribution in [3.8, 4) is 5.75 Å². The van der Waals surface area contributed by atoms with E-state index in [2.05, 4.69) is 30.3 Å². The maximum atomic E-state index is 9.90. The first kappa shape index (κ1) is 12.9. The summed E-state index contributed by atoms with van der Waals surface area (Å²) >= 11 is 0. The van der Waals surface area contributed by atoms with Crippen molar-refractivity contribution in [3.63, 3.8) is 0 Å². The van der Waals surface area contributed by atoms with Crippen molar-refractivity contribution in [2.75, 3.05) is 13.6 Å². The van der Waals surface area contributed by atoms with Gasteiger partial charge in [-0.05, 0) is 63.4 Å². The standard InChI is InChI=1S/C16H24N2O/c1-11-10-12(8-9-18(11)2)17-15-7-6-14-13(15)4-3-5-16(14)19/h3-5,11-12,15,17,19H,6-10H2,1-2H3. The van der Waals surface area contributed by atoms with Crippen molar-refractivity contribution < 1.29 is 5.11 Å². The third-order valence-corrected chi connectivity index (χ3v) is 4.89. The quantitative estimate of drug-likeness (QED) is 0.857. The highest BCUT2D eigenvalue weighted by atomic mass is 16.3. The van der Waals surface area contributed by atoms with Crippen LogP contribution in [-0.2, 0) is 6.42 Å². The predicted molar refractivity (Wildman–Crippen MR) is 77.4 cm³/mol. The summed E-state index contributed by atoms with van der Waals surface area (Å²) in [6.07, 6.45) is 4.57. The number of hydrogen-bond donors (Lipinski definition) is 2. The van der Waals surface area contributed by atoms with Crippen molar-refractivity contribution >= 4 is 0 Å². The topological polar surface area (TPSA) is 35.5 Å². The lowest BCUT2D eigenvalue weighted by Crippen LogP contribution is -2.46. The number of hydrogen-bond acceptors (Lipinski definition) is 3. The molecule has 0 radical (unpaired) electrons. The first-order chi connectivity index (χ1) is 9.15. The van der Waals surface area contributed by atoms with Gasteiger partial charge in [0.05, 0.1) is 0 Å². The van der Waals surface area contributed by atoms with E-state index in [4.69, 9.17) is 0 Å². The molecule has 3 rings (SSSR count). The highest BCUT2D eigenvalue weighted by Gasteiger charge is 2.29. The van der Waals surface area contributed by atoms with E-state index in [-0.39, 0.29) is 0 Å². The first-order valence-electron chi connectivity index (χ1n) is 7.42. The molecule has 3 atom stereocenters. The van der Waals surface area contributed by atoms with E-state index in [9.17, 15) is 5.11 Å². The average molecular weight is 260 g/mol. The van der Waals surface area contributed by atoms with Gasteiger partial charge in [0.1, 0.15) is 5.75 Å². The number of phenols is 1. The molecule has 3 heteroatoms. The summed E-state index contributed by atoms with van der Waals surface area (Å²) in [5.74, 6) is 0.471. The second-order valence-corrected chi connectivity index (χ2v) is 6.15. The van der Waals surface area contributed by atoms with Gasteiger partial charge in [0.25, 0.3) is 0 Å². The zero-order valence-electron chi connectivity index (χ0n) is 11.9. The highest BCUT2D eigenvalue weighted by molar-refractivity contribution is 5.44. The van der Waals surface area contributed by atoms with Crippen LogP contribution in [-0.4, -0.2) is 35.7 Å². The molecular weight excluding hydrogens is 236 g/mol. The number of nitrogens with zero attached hydrogens (tertiary/aromatic N) is 1. The molecule has 0 bridgehead atoms. The van der Waals surface area contributed by atoms with E-state index in [0.29, 0.717) is 23.9 Å². The smallest absolute Gasteiger partial charge is 0.119 e. The SMILES string of the molecule is CC1CC(NC2CCc3c(O)cccc32)CCN1C. The Morgan fingerprint density at radius 1 is 1.32 bits per heavy atom. The van der Waals surface area contributed by atoms with Crippen molar-refractivity contribution in [1.82, 2.24) is 10.2 Å². The molecule has 0 amide bonds. The van der Waals surface area contributed by atoms with E-state index < -0.39 is 0 Å². The number of fused-ring (bicyclic) bond motifs is 1. The molecule has 1 fully saturated rings. The Morgan fingerprint density at radius 3 is 2.95 bits per heavy atom. The van der Waals surface area contributed by atoms with Crippen LogP contribution in [0.1, 0.15) is 43.4 Å². The lowest BCUT2D eigenvalue weighted by Gasteiger charge is -2.36. The number of phenolic OH excluding ortho intramolecular Hbond substituents is 1. The molecule has 2 N–H and O–H groups in total. The summed E-state index contributed by atoms with van der Waals surface area (Å²) in [4.78, 5) is 2.44. The van der Waals surface area contributed by atoms with E-state index in [1.54, 1.807) is 6.07 Å². The predicted octanol–water partition coefficient (Wildman–Crippen LogP) is 2.45. The van der Waals surface area contributed by atoms with Crippen LogP contribution in [0.25, 0.3) is 0 Å². The van der Waals surface area contributed by atoms with Gasteiger partial charge < -0.3 is 15.3 Å². The number of nitrogens with one attached hydrogen (secondary N) is 1. The molecule has 1 aliphatic carbocycles. The average Bonchev–Trinajstić information content (AvgIpc) is 2.79. The highest BCUT2D eigenvalue weighted by Crippen LogP contribution is 2.37. The van der Waals surface area contributed by atoms with Crippen LogP contribution >= 0.6 is 0 Å². The Bertz CT molecular complexity index is 460. The Balaban J connectivity index is 1.68. The summed E-state index contributed by atoms with van der Waals surface area (Å²) in [5.41, 5.74) is 2.47. The fraction of sp³-hybridized carbons (Fsp3) is 0.625. The largest absolute Gasteiger partial charge is 0.508 e. The maximum Gasteiger partial charge on any atom is 0.119 e. The fourth-order valence-corrected chi connectivity index (χ4v) is 3.53. The number of rotatable bonds is 2. The lowest BCUT2D eigenvalue weighted by atomic mass is 9.97. The summed E-state index contributed by atoms with van der Waals surface area (Å²) in [5, 5.41) is 13.7. The van der Waals surface area contributed by atoms with Gasteiger partial charge in [-0.3, -0.25) is 0 Å². The fourth-order valence-electron chi connectivity index (χ4n) is 3.53. The van der Waals surface area contributed by atoms with Crippen LogP contribution in [0.3, 0.4) is 0 Å². The van der Waals surface area contributed by atoms with Gasteiger partial charge in [0.15, 0.2) is 0 Å². The molecule has 0 aromatic heterocycles. The molecule has 1 aliphatic heterocycles. The van der Waals surface area contributed by atoms with Crippen molar-refractivity contribution in [2.24, 2.45) is 0 Å². The normalized spacial score (nSPS) is 31.4. The second-order valence-electron chi connectivity index (χ2n) is 6.15. The van der Waals surface area contributed by atoms with Crippen LogP contribution < -0.4 is 5.32 Å². The molecule has 19 heavy (non-hydrogen) atoms. The Kier molecular flexibility index (Phi) is 3.50. The molecule has 2 aliphatic rings. The van der Waals surface area contributed by atoms with Gasteiger partial charge in [-0.15, -0.1) is 0 Å². The summed E-state index contributed by atoms with van der Waals surface area (Å²) < 4.78 is 0. The van der Waals surface area contributed by atoms with E-state index >= 15 is 0 Å². The maximum absolute atomic E-state index is 9.90. The number of benzene rings is 1. The van der Waals surface area contributed by atoms with Gasteiger partial charge >= 0.3 is 0 Å². The molecule has 1 heterocycles. The van der Waals surface area contributed by atoms with Crippen molar-refractivity contribution in [2.45, 2.75) is 50.7 Å². The molecule has 0 spiro atoms. The molecule has 1 aromatic rings. The van der Waals surface area contributed by atoms with Gasteiger partial charge in [-0.1, -0.05) is 12.1 Å².